The SMILES string of the molecule is CN(CCC(=O)O)C(=O)C1(NC(=O)OCC2c3ccccc3-c3ccccc32)CC2(CCC2)C1. The summed E-state index contributed by atoms with van der Waals surface area (Å²) in [6.07, 6.45) is 3.70. The molecule has 2 aromatic carbocycles. The van der Waals surface area contributed by atoms with Gasteiger partial charge in [-0.05, 0) is 53.4 Å². The molecule has 0 radical (unpaired) electrons. The number of alkyl carbamates (subject to hydrolysis) is 1. The van der Waals surface area contributed by atoms with Gasteiger partial charge in [0.2, 0.25) is 5.91 Å². The molecule has 0 aliphatic heterocycles. The maximum absolute atomic E-state index is 13.3. The largest absolute Gasteiger partial charge is 0.481 e. The van der Waals surface area contributed by atoms with Crippen molar-refractivity contribution in [3.8, 4) is 11.1 Å². The number of amides is 2. The third kappa shape index (κ3) is 3.83. The number of hydrogen-bond acceptors (Lipinski definition) is 4. The Morgan fingerprint density at radius 1 is 1.03 bits per heavy atom. The van der Waals surface area contributed by atoms with E-state index in [0.717, 1.165) is 41.5 Å². The van der Waals surface area contributed by atoms with Crippen LogP contribution in [0.25, 0.3) is 11.1 Å². The van der Waals surface area contributed by atoms with Gasteiger partial charge in [0, 0.05) is 19.5 Å². The van der Waals surface area contributed by atoms with Gasteiger partial charge in [0.1, 0.15) is 12.1 Å². The van der Waals surface area contributed by atoms with Gasteiger partial charge in [-0.2, -0.15) is 0 Å². The summed E-state index contributed by atoms with van der Waals surface area (Å²) in [7, 11) is 1.60. The second kappa shape index (κ2) is 8.46. The van der Waals surface area contributed by atoms with Crippen molar-refractivity contribution in [3.63, 3.8) is 0 Å². The van der Waals surface area contributed by atoms with Crippen LogP contribution in [0.15, 0.2) is 48.5 Å². The molecule has 7 heteroatoms. The quantitative estimate of drug-likeness (QED) is 0.644. The Labute approximate surface area is 199 Å². The second-order valence-electron chi connectivity index (χ2n) is 10.1. The van der Waals surface area contributed by atoms with Gasteiger partial charge in [0.15, 0.2) is 0 Å². The molecule has 1 spiro atoms. The van der Waals surface area contributed by atoms with Gasteiger partial charge in [-0.15, -0.1) is 0 Å². The van der Waals surface area contributed by atoms with Crippen LogP contribution in [-0.2, 0) is 14.3 Å². The molecule has 0 bridgehead atoms. The molecule has 3 aliphatic carbocycles. The molecule has 0 aromatic heterocycles. The van der Waals surface area contributed by atoms with Crippen LogP contribution >= 0.6 is 0 Å². The van der Waals surface area contributed by atoms with E-state index in [-0.39, 0.29) is 36.8 Å². The van der Waals surface area contributed by atoms with Gasteiger partial charge in [-0.3, -0.25) is 9.59 Å². The number of fused-ring (bicyclic) bond motifs is 3. The molecule has 5 rings (SSSR count). The number of rotatable bonds is 7. The Balaban J connectivity index is 1.28. The fraction of sp³-hybridized carbons (Fsp3) is 0.444. The van der Waals surface area contributed by atoms with E-state index in [1.165, 1.54) is 4.90 Å². The molecule has 0 saturated heterocycles. The summed E-state index contributed by atoms with van der Waals surface area (Å²) in [6, 6.07) is 16.3. The van der Waals surface area contributed by atoms with Crippen molar-refractivity contribution in [1.29, 1.82) is 0 Å². The van der Waals surface area contributed by atoms with Gasteiger partial charge in [0.05, 0.1) is 6.42 Å². The van der Waals surface area contributed by atoms with Crippen molar-refractivity contribution in [2.45, 2.75) is 50.0 Å². The number of likely N-dealkylation sites (N-methyl/N-ethyl adjacent to an activating group) is 1. The molecule has 34 heavy (non-hydrogen) atoms. The molecular weight excluding hydrogens is 432 g/mol. The van der Waals surface area contributed by atoms with Gasteiger partial charge in [-0.1, -0.05) is 55.0 Å². The van der Waals surface area contributed by atoms with Crippen LogP contribution in [0.2, 0.25) is 0 Å². The standard InChI is InChI=1S/C27H30N2O5/c1-29(14-11-23(30)31)24(32)27(16-26(17-27)12-6-13-26)28-25(33)34-15-22-20-9-4-2-7-18(20)19-8-3-5-10-21(19)22/h2-5,7-10,22H,6,11-17H2,1H3,(H,28,33)(H,30,31). The molecule has 2 aromatic rings. The molecule has 7 nitrogen and oxygen atoms in total. The van der Waals surface area contributed by atoms with Crippen LogP contribution < -0.4 is 5.32 Å². The van der Waals surface area contributed by atoms with Crippen LogP contribution in [0.5, 0.6) is 0 Å². The summed E-state index contributed by atoms with van der Waals surface area (Å²) in [6.45, 7) is 0.291. The first-order valence-electron chi connectivity index (χ1n) is 11.9. The summed E-state index contributed by atoms with van der Waals surface area (Å²) in [4.78, 5) is 38.6. The molecule has 3 aliphatic rings. The molecule has 178 valence electrons. The molecule has 2 saturated carbocycles. The normalized spacial score (nSPS) is 18.7. The number of carboxylic acid groups (broad SMARTS) is 1. The van der Waals surface area contributed by atoms with E-state index in [0.29, 0.717) is 12.8 Å². The van der Waals surface area contributed by atoms with E-state index >= 15 is 0 Å². The molecule has 0 unspecified atom stereocenters. The van der Waals surface area contributed by atoms with Crippen LogP contribution in [-0.4, -0.2) is 53.7 Å². The first-order chi connectivity index (χ1) is 16.3. The van der Waals surface area contributed by atoms with Crippen LogP contribution in [0.3, 0.4) is 0 Å². The number of carbonyl (C=O) groups is 3. The lowest BCUT2D eigenvalue weighted by Crippen LogP contribution is -2.70. The monoisotopic (exact) mass is 462 g/mol. The number of carboxylic acids is 1. The summed E-state index contributed by atoms with van der Waals surface area (Å²) in [5.74, 6) is -1.25. The zero-order valence-electron chi connectivity index (χ0n) is 19.4. The first-order valence-corrected chi connectivity index (χ1v) is 11.9. The summed E-state index contributed by atoms with van der Waals surface area (Å²) < 4.78 is 5.70. The zero-order valence-corrected chi connectivity index (χ0v) is 19.4. The number of hydrogen-bond donors (Lipinski definition) is 2. The number of ether oxygens (including phenoxy) is 1. The minimum atomic E-state index is -1.02. The number of nitrogens with zero attached hydrogens (tertiary/aromatic N) is 1. The Kier molecular flexibility index (Phi) is 5.58. The number of benzene rings is 2. The highest BCUT2D eigenvalue weighted by Crippen LogP contribution is 2.60. The maximum Gasteiger partial charge on any atom is 0.408 e. The Hall–Kier alpha value is -3.35. The van der Waals surface area contributed by atoms with Crippen molar-refractivity contribution in [2.24, 2.45) is 5.41 Å². The average Bonchev–Trinajstić information content (AvgIpc) is 3.10. The van der Waals surface area contributed by atoms with Crippen LogP contribution in [0.4, 0.5) is 4.79 Å². The fourth-order valence-electron chi connectivity index (χ4n) is 6.11. The van der Waals surface area contributed by atoms with E-state index in [4.69, 9.17) is 9.84 Å². The molecule has 2 amide bonds. The Morgan fingerprint density at radius 2 is 1.62 bits per heavy atom. The molecule has 0 atom stereocenters. The van der Waals surface area contributed by atoms with Crippen molar-refractivity contribution in [3.05, 3.63) is 59.7 Å². The van der Waals surface area contributed by atoms with Gasteiger partial charge >= 0.3 is 12.1 Å². The Bertz CT molecular complexity index is 1090. The predicted octanol–water partition coefficient (Wildman–Crippen LogP) is 4.16. The predicted molar refractivity (Wildman–Crippen MR) is 126 cm³/mol. The van der Waals surface area contributed by atoms with Crippen molar-refractivity contribution in [2.75, 3.05) is 20.2 Å². The van der Waals surface area contributed by atoms with Crippen molar-refractivity contribution >= 4 is 18.0 Å². The molecule has 2 N–H and O–H groups in total. The van der Waals surface area contributed by atoms with Crippen LogP contribution in [0, 0.1) is 5.41 Å². The van der Waals surface area contributed by atoms with E-state index < -0.39 is 17.6 Å². The molecule has 0 heterocycles. The first kappa shape index (κ1) is 22.4. The highest BCUT2D eigenvalue weighted by atomic mass is 16.5. The van der Waals surface area contributed by atoms with E-state index in [1.807, 2.05) is 24.3 Å². The maximum atomic E-state index is 13.3. The van der Waals surface area contributed by atoms with E-state index in [2.05, 4.69) is 29.6 Å². The van der Waals surface area contributed by atoms with E-state index in [1.54, 1.807) is 7.05 Å². The molecule has 2 fully saturated rings. The third-order valence-electron chi connectivity index (χ3n) is 7.87. The topological polar surface area (TPSA) is 95.9 Å². The molecular formula is C27H30N2O5. The van der Waals surface area contributed by atoms with Gasteiger partial charge < -0.3 is 20.1 Å². The summed E-state index contributed by atoms with van der Waals surface area (Å²) >= 11 is 0. The number of nitrogens with one attached hydrogen (secondary N) is 1. The second-order valence-corrected chi connectivity index (χ2v) is 10.1. The lowest BCUT2D eigenvalue weighted by Gasteiger charge is -2.60. The lowest BCUT2D eigenvalue weighted by molar-refractivity contribution is -0.154. The van der Waals surface area contributed by atoms with Gasteiger partial charge in [0.25, 0.3) is 0 Å². The lowest BCUT2D eigenvalue weighted by atomic mass is 9.48. The highest BCUT2D eigenvalue weighted by molar-refractivity contribution is 5.91. The highest BCUT2D eigenvalue weighted by Gasteiger charge is 2.62. The Morgan fingerprint density at radius 3 is 2.15 bits per heavy atom. The van der Waals surface area contributed by atoms with Crippen molar-refractivity contribution < 1.29 is 24.2 Å². The summed E-state index contributed by atoms with van der Waals surface area (Å²) in [5, 5.41) is 11.9. The smallest absolute Gasteiger partial charge is 0.408 e. The van der Waals surface area contributed by atoms with Crippen molar-refractivity contribution in [1.82, 2.24) is 10.2 Å². The summed E-state index contributed by atoms with van der Waals surface area (Å²) in [5.41, 5.74) is 3.69. The third-order valence-corrected chi connectivity index (χ3v) is 7.87. The zero-order chi connectivity index (χ0) is 23.9. The van der Waals surface area contributed by atoms with Gasteiger partial charge in [-0.25, -0.2) is 4.79 Å². The average molecular weight is 463 g/mol. The number of aliphatic carboxylic acids is 1. The fourth-order valence-corrected chi connectivity index (χ4v) is 6.11. The van der Waals surface area contributed by atoms with E-state index in [9.17, 15) is 14.4 Å². The van der Waals surface area contributed by atoms with Crippen LogP contribution in [0.1, 0.15) is 55.6 Å². The minimum Gasteiger partial charge on any atom is -0.481 e. The number of carbonyl (C=O) groups excluding carboxylic acids is 2. The minimum absolute atomic E-state index is 0.0533.